The Balaban J connectivity index is 1.66. The van der Waals surface area contributed by atoms with Crippen molar-refractivity contribution < 1.29 is 14.7 Å². The Bertz CT molecular complexity index is 384. The predicted octanol–water partition coefficient (Wildman–Crippen LogP) is 1.64. The zero-order chi connectivity index (χ0) is 12.8. The van der Waals surface area contributed by atoms with Crippen molar-refractivity contribution in [2.45, 2.75) is 44.1 Å². The minimum Gasteiger partial charge on any atom is -0.479 e. The number of carbonyl (C=O) groups is 2. The van der Waals surface area contributed by atoms with Gasteiger partial charge < -0.3 is 10.4 Å². The third kappa shape index (κ3) is 1.83. The molecule has 1 saturated heterocycles. The molecule has 1 heterocycles. The van der Waals surface area contributed by atoms with Crippen molar-refractivity contribution in [3.05, 3.63) is 0 Å². The molecule has 5 heteroatoms. The van der Waals surface area contributed by atoms with Gasteiger partial charge in [0.2, 0.25) is 5.91 Å². The zero-order valence-electron chi connectivity index (χ0n) is 10.4. The molecule has 0 aromatic rings. The van der Waals surface area contributed by atoms with E-state index in [9.17, 15) is 14.7 Å². The van der Waals surface area contributed by atoms with Crippen LogP contribution in [0.4, 0.5) is 0 Å². The fourth-order valence-corrected chi connectivity index (χ4v) is 4.88. The SMILES string of the molecule is O=C(NC1(C(=O)O)CCSC1)C1CC12CCCC2. The summed E-state index contributed by atoms with van der Waals surface area (Å²) in [5.41, 5.74) is -0.750. The Labute approximate surface area is 111 Å². The van der Waals surface area contributed by atoms with Crippen molar-refractivity contribution in [1.29, 1.82) is 0 Å². The van der Waals surface area contributed by atoms with Crippen LogP contribution in [0, 0.1) is 11.3 Å². The molecule has 0 bridgehead atoms. The molecule has 3 rings (SSSR count). The Kier molecular flexibility index (Phi) is 2.84. The first-order valence-electron chi connectivity index (χ1n) is 6.71. The minimum atomic E-state index is -0.996. The molecule has 2 unspecified atom stereocenters. The largest absolute Gasteiger partial charge is 0.479 e. The van der Waals surface area contributed by atoms with Gasteiger partial charge in [0.15, 0.2) is 0 Å². The monoisotopic (exact) mass is 269 g/mol. The van der Waals surface area contributed by atoms with Crippen molar-refractivity contribution >= 4 is 23.6 Å². The summed E-state index contributed by atoms with van der Waals surface area (Å²) < 4.78 is 0. The first-order valence-corrected chi connectivity index (χ1v) is 7.87. The number of carbonyl (C=O) groups excluding carboxylic acids is 1. The Hall–Kier alpha value is -0.710. The molecular weight excluding hydrogens is 250 g/mol. The summed E-state index contributed by atoms with van der Waals surface area (Å²) in [6.07, 6.45) is 6.29. The second-order valence-electron chi connectivity index (χ2n) is 6.01. The second-order valence-corrected chi connectivity index (χ2v) is 7.11. The molecule has 2 aliphatic carbocycles. The van der Waals surface area contributed by atoms with Crippen LogP contribution in [0.25, 0.3) is 0 Å². The molecule has 100 valence electrons. The normalized spacial score (nSPS) is 36.8. The van der Waals surface area contributed by atoms with Crippen molar-refractivity contribution in [3.8, 4) is 0 Å². The van der Waals surface area contributed by atoms with Gasteiger partial charge in [-0.15, -0.1) is 0 Å². The van der Waals surface area contributed by atoms with E-state index < -0.39 is 11.5 Å². The first kappa shape index (κ1) is 12.3. The number of hydrogen-bond donors (Lipinski definition) is 2. The van der Waals surface area contributed by atoms with E-state index in [1.807, 2.05) is 0 Å². The van der Waals surface area contributed by atoms with E-state index >= 15 is 0 Å². The third-order valence-electron chi connectivity index (χ3n) is 4.90. The summed E-state index contributed by atoms with van der Waals surface area (Å²) in [5.74, 6) is 0.529. The molecule has 0 aromatic heterocycles. The number of carboxylic acids is 1. The molecule has 1 aliphatic heterocycles. The van der Waals surface area contributed by atoms with Gasteiger partial charge in [-0.25, -0.2) is 4.79 Å². The summed E-state index contributed by atoms with van der Waals surface area (Å²) >= 11 is 1.61. The van der Waals surface area contributed by atoms with Gasteiger partial charge in [-0.2, -0.15) is 11.8 Å². The molecular formula is C13H19NO3S. The lowest BCUT2D eigenvalue weighted by atomic mass is 9.97. The molecule has 3 fully saturated rings. The van der Waals surface area contributed by atoms with Gasteiger partial charge in [-0.05, 0) is 36.9 Å². The minimum absolute atomic E-state index is 0.0122. The molecule has 0 radical (unpaired) electrons. The third-order valence-corrected chi connectivity index (χ3v) is 6.09. The fraction of sp³-hybridized carbons (Fsp3) is 0.846. The Morgan fingerprint density at radius 2 is 1.94 bits per heavy atom. The number of thioether (sulfide) groups is 1. The Morgan fingerprint density at radius 3 is 2.50 bits per heavy atom. The maximum atomic E-state index is 12.2. The van der Waals surface area contributed by atoms with Crippen LogP contribution < -0.4 is 5.32 Å². The number of aliphatic carboxylic acids is 1. The van der Waals surface area contributed by atoms with E-state index in [-0.39, 0.29) is 17.2 Å². The van der Waals surface area contributed by atoms with Crippen LogP contribution >= 0.6 is 11.8 Å². The van der Waals surface area contributed by atoms with Crippen molar-refractivity contribution in [1.82, 2.24) is 5.32 Å². The lowest BCUT2D eigenvalue weighted by molar-refractivity contribution is -0.146. The summed E-state index contributed by atoms with van der Waals surface area (Å²) in [6.45, 7) is 0. The van der Waals surface area contributed by atoms with Gasteiger partial charge >= 0.3 is 5.97 Å². The van der Waals surface area contributed by atoms with E-state index in [2.05, 4.69) is 5.32 Å². The van der Waals surface area contributed by atoms with Crippen molar-refractivity contribution in [2.24, 2.45) is 11.3 Å². The highest BCUT2D eigenvalue weighted by molar-refractivity contribution is 7.99. The van der Waals surface area contributed by atoms with Gasteiger partial charge in [-0.1, -0.05) is 12.8 Å². The highest BCUT2D eigenvalue weighted by atomic mass is 32.2. The van der Waals surface area contributed by atoms with Crippen LogP contribution in [-0.2, 0) is 9.59 Å². The van der Waals surface area contributed by atoms with Gasteiger partial charge in [0.1, 0.15) is 5.54 Å². The molecule has 1 amide bonds. The number of amides is 1. The number of carboxylic acid groups (broad SMARTS) is 1. The average molecular weight is 269 g/mol. The van der Waals surface area contributed by atoms with E-state index in [0.29, 0.717) is 12.2 Å². The van der Waals surface area contributed by atoms with Crippen LogP contribution in [0.1, 0.15) is 38.5 Å². The topological polar surface area (TPSA) is 66.4 Å². The van der Waals surface area contributed by atoms with Gasteiger partial charge in [0.05, 0.1) is 0 Å². The fourth-order valence-electron chi connectivity index (χ4n) is 3.56. The molecule has 2 atom stereocenters. The van der Waals surface area contributed by atoms with Crippen LogP contribution in [0.3, 0.4) is 0 Å². The van der Waals surface area contributed by atoms with Crippen LogP contribution in [0.5, 0.6) is 0 Å². The van der Waals surface area contributed by atoms with E-state index in [1.54, 1.807) is 11.8 Å². The number of hydrogen-bond acceptors (Lipinski definition) is 3. The highest BCUT2D eigenvalue weighted by Gasteiger charge is 2.60. The van der Waals surface area contributed by atoms with Crippen LogP contribution in [-0.4, -0.2) is 34.0 Å². The molecule has 3 aliphatic rings. The standard InChI is InChI=1S/C13H19NO3S/c15-10(9-7-12(9)3-1-2-4-12)14-13(11(16)17)5-6-18-8-13/h9H,1-8H2,(H,14,15)(H,16,17). The maximum Gasteiger partial charge on any atom is 0.330 e. The van der Waals surface area contributed by atoms with Crippen LogP contribution in [0.15, 0.2) is 0 Å². The van der Waals surface area contributed by atoms with E-state index in [1.165, 1.54) is 12.8 Å². The molecule has 2 saturated carbocycles. The molecule has 2 N–H and O–H groups in total. The summed E-state index contributed by atoms with van der Waals surface area (Å²) in [7, 11) is 0. The Morgan fingerprint density at radius 1 is 1.22 bits per heavy atom. The highest BCUT2D eigenvalue weighted by Crippen LogP contribution is 2.62. The molecule has 0 aromatic carbocycles. The lowest BCUT2D eigenvalue weighted by Crippen LogP contribution is -2.55. The summed E-state index contributed by atoms with van der Waals surface area (Å²) in [6, 6.07) is 0. The first-order chi connectivity index (χ1) is 8.58. The van der Waals surface area contributed by atoms with Crippen LogP contribution in [0.2, 0.25) is 0 Å². The number of rotatable bonds is 3. The van der Waals surface area contributed by atoms with Gasteiger partial charge in [0.25, 0.3) is 0 Å². The van der Waals surface area contributed by atoms with E-state index in [4.69, 9.17) is 0 Å². The lowest BCUT2D eigenvalue weighted by Gasteiger charge is -2.25. The molecule has 4 nitrogen and oxygen atoms in total. The molecule has 18 heavy (non-hydrogen) atoms. The summed E-state index contributed by atoms with van der Waals surface area (Å²) in [5, 5.41) is 12.2. The maximum absolute atomic E-state index is 12.2. The second kappa shape index (κ2) is 4.15. The summed E-state index contributed by atoms with van der Waals surface area (Å²) in [4.78, 5) is 23.6. The zero-order valence-corrected chi connectivity index (χ0v) is 11.2. The molecule has 1 spiro atoms. The smallest absolute Gasteiger partial charge is 0.330 e. The van der Waals surface area contributed by atoms with Gasteiger partial charge in [0, 0.05) is 11.7 Å². The predicted molar refractivity (Wildman–Crippen MR) is 69.5 cm³/mol. The quantitative estimate of drug-likeness (QED) is 0.817. The average Bonchev–Trinajstić information content (AvgIpc) is 2.68. The number of nitrogens with one attached hydrogen (secondary N) is 1. The van der Waals surface area contributed by atoms with Crippen molar-refractivity contribution in [2.75, 3.05) is 11.5 Å². The van der Waals surface area contributed by atoms with Crippen molar-refractivity contribution in [3.63, 3.8) is 0 Å². The van der Waals surface area contributed by atoms with Gasteiger partial charge in [-0.3, -0.25) is 4.79 Å². The van der Waals surface area contributed by atoms with E-state index in [0.717, 1.165) is 25.0 Å².